The standard InChI is InChI=1S/C16H32N2O/c1-4-16(5-2,18-10-7-8-11-18)15(17-6-3)14-9-12-19-13-14/h14-15,17H,4-13H2,1-3H3. The molecule has 2 atom stereocenters. The van der Waals surface area contributed by atoms with E-state index in [1.807, 2.05) is 0 Å². The summed E-state index contributed by atoms with van der Waals surface area (Å²) in [6.45, 7) is 12.5. The normalized spacial score (nSPS) is 27.0. The lowest BCUT2D eigenvalue weighted by Gasteiger charge is -2.49. The molecule has 19 heavy (non-hydrogen) atoms. The molecule has 2 saturated heterocycles. The Labute approximate surface area is 119 Å². The molecule has 0 saturated carbocycles. The van der Waals surface area contributed by atoms with Gasteiger partial charge in [0.1, 0.15) is 0 Å². The van der Waals surface area contributed by atoms with Gasteiger partial charge in [-0.3, -0.25) is 4.90 Å². The van der Waals surface area contributed by atoms with Crippen LogP contribution in [0.4, 0.5) is 0 Å². The fourth-order valence-corrected chi connectivity index (χ4v) is 4.33. The predicted octanol–water partition coefficient (Wildman–Crippen LogP) is 2.66. The van der Waals surface area contributed by atoms with Crippen molar-refractivity contribution in [3.05, 3.63) is 0 Å². The molecular weight excluding hydrogens is 236 g/mol. The summed E-state index contributed by atoms with van der Waals surface area (Å²) < 4.78 is 5.67. The van der Waals surface area contributed by atoms with Crippen molar-refractivity contribution in [2.24, 2.45) is 5.92 Å². The fraction of sp³-hybridized carbons (Fsp3) is 1.00. The summed E-state index contributed by atoms with van der Waals surface area (Å²) in [4.78, 5) is 2.78. The van der Waals surface area contributed by atoms with Crippen LogP contribution in [-0.2, 0) is 4.74 Å². The molecule has 0 aromatic heterocycles. The third kappa shape index (κ3) is 2.98. The second-order valence-corrected chi connectivity index (χ2v) is 6.16. The Morgan fingerprint density at radius 2 is 1.89 bits per heavy atom. The number of likely N-dealkylation sites (tertiary alicyclic amines) is 1. The average Bonchev–Trinajstić information content (AvgIpc) is 3.13. The topological polar surface area (TPSA) is 24.5 Å². The zero-order valence-electron chi connectivity index (χ0n) is 13.1. The van der Waals surface area contributed by atoms with E-state index in [1.54, 1.807) is 0 Å². The van der Waals surface area contributed by atoms with Crippen molar-refractivity contribution in [1.29, 1.82) is 0 Å². The largest absolute Gasteiger partial charge is 0.381 e. The van der Waals surface area contributed by atoms with Crippen LogP contribution in [0.2, 0.25) is 0 Å². The average molecular weight is 268 g/mol. The summed E-state index contributed by atoms with van der Waals surface area (Å²) in [5.74, 6) is 0.695. The van der Waals surface area contributed by atoms with Crippen molar-refractivity contribution in [1.82, 2.24) is 10.2 Å². The maximum atomic E-state index is 5.67. The maximum absolute atomic E-state index is 5.67. The number of nitrogens with zero attached hydrogens (tertiary/aromatic N) is 1. The highest BCUT2D eigenvalue weighted by Crippen LogP contribution is 2.36. The van der Waals surface area contributed by atoms with Crippen LogP contribution in [0.3, 0.4) is 0 Å². The molecule has 2 rings (SSSR count). The van der Waals surface area contributed by atoms with E-state index in [0.717, 1.165) is 19.8 Å². The number of nitrogens with one attached hydrogen (secondary N) is 1. The minimum atomic E-state index is 0.338. The summed E-state index contributed by atoms with van der Waals surface area (Å²) in [5.41, 5.74) is 0.338. The van der Waals surface area contributed by atoms with Crippen molar-refractivity contribution in [3.63, 3.8) is 0 Å². The molecule has 0 aromatic carbocycles. The van der Waals surface area contributed by atoms with Crippen LogP contribution in [0, 0.1) is 5.92 Å². The van der Waals surface area contributed by atoms with Crippen LogP contribution < -0.4 is 5.32 Å². The second-order valence-electron chi connectivity index (χ2n) is 6.16. The molecule has 1 N–H and O–H groups in total. The molecule has 3 heteroatoms. The molecule has 0 bridgehead atoms. The lowest BCUT2D eigenvalue weighted by Crippen LogP contribution is -2.63. The first-order chi connectivity index (χ1) is 9.28. The van der Waals surface area contributed by atoms with Gasteiger partial charge in [-0.05, 0) is 51.7 Å². The fourth-order valence-electron chi connectivity index (χ4n) is 4.33. The molecule has 2 unspecified atom stereocenters. The Bertz CT molecular complexity index is 253. The van der Waals surface area contributed by atoms with Crippen LogP contribution in [0.15, 0.2) is 0 Å². The molecule has 0 spiro atoms. The van der Waals surface area contributed by atoms with Gasteiger partial charge in [-0.2, -0.15) is 0 Å². The zero-order chi connectivity index (χ0) is 13.7. The molecule has 3 nitrogen and oxygen atoms in total. The Morgan fingerprint density at radius 1 is 1.21 bits per heavy atom. The third-order valence-electron chi connectivity index (χ3n) is 5.40. The van der Waals surface area contributed by atoms with Gasteiger partial charge < -0.3 is 10.1 Å². The van der Waals surface area contributed by atoms with E-state index >= 15 is 0 Å². The van der Waals surface area contributed by atoms with Crippen LogP contribution in [-0.4, -0.2) is 49.3 Å². The molecule has 0 amide bonds. The zero-order valence-corrected chi connectivity index (χ0v) is 13.1. The smallest absolute Gasteiger partial charge is 0.0510 e. The summed E-state index contributed by atoms with van der Waals surface area (Å²) in [7, 11) is 0. The van der Waals surface area contributed by atoms with Crippen molar-refractivity contribution in [3.8, 4) is 0 Å². The van der Waals surface area contributed by atoms with Crippen molar-refractivity contribution < 1.29 is 4.74 Å². The van der Waals surface area contributed by atoms with E-state index in [0.29, 0.717) is 17.5 Å². The van der Waals surface area contributed by atoms with Crippen LogP contribution in [0.1, 0.15) is 52.9 Å². The monoisotopic (exact) mass is 268 g/mol. The summed E-state index contributed by atoms with van der Waals surface area (Å²) in [6.07, 6.45) is 6.48. The molecule has 112 valence electrons. The van der Waals surface area contributed by atoms with Gasteiger partial charge in [-0.25, -0.2) is 0 Å². The third-order valence-corrected chi connectivity index (χ3v) is 5.40. The number of rotatable bonds is 7. The van der Waals surface area contributed by atoms with Gasteiger partial charge in [0.05, 0.1) is 6.61 Å². The minimum Gasteiger partial charge on any atom is -0.381 e. The Kier molecular flexibility index (Phi) is 5.67. The molecule has 2 heterocycles. The Balaban J connectivity index is 2.20. The molecule has 0 aliphatic carbocycles. The summed E-state index contributed by atoms with van der Waals surface area (Å²) >= 11 is 0. The number of likely N-dealkylation sites (N-methyl/N-ethyl adjacent to an activating group) is 1. The van der Waals surface area contributed by atoms with Crippen molar-refractivity contribution in [2.75, 3.05) is 32.8 Å². The quantitative estimate of drug-likeness (QED) is 0.768. The van der Waals surface area contributed by atoms with E-state index in [4.69, 9.17) is 4.74 Å². The molecular formula is C16H32N2O. The number of hydrogen-bond donors (Lipinski definition) is 1. The Morgan fingerprint density at radius 3 is 2.37 bits per heavy atom. The lowest BCUT2D eigenvalue weighted by molar-refractivity contribution is 0.0344. The van der Waals surface area contributed by atoms with Gasteiger partial charge in [0.15, 0.2) is 0 Å². The highest BCUT2D eigenvalue weighted by Gasteiger charge is 2.45. The van der Waals surface area contributed by atoms with Gasteiger partial charge in [0, 0.05) is 24.1 Å². The van der Waals surface area contributed by atoms with E-state index in [2.05, 4.69) is 31.0 Å². The van der Waals surface area contributed by atoms with E-state index in [-0.39, 0.29) is 0 Å². The first-order valence-electron chi connectivity index (χ1n) is 8.34. The van der Waals surface area contributed by atoms with Gasteiger partial charge in [-0.15, -0.1) is 0 Å². The van der Waals surface area contributed by atoms with Crippen LogP contribution in [0.25, 0.3) is 0 Å². The Hall–Kier alpha value is -0.120. The minimum absolute atomic E-state index is 0.338. The predicted molar refractivity (Wildman–Crippen MR) is 80.5 cm³/mol. The van der Waals surface area contributed by atoms with Gasteiger partial charge in [-0.1, -0.05) is 20.8 Å². The lowest BCUT2D eigenvalue weighted by atomic mass is 9.76. The first kappa shape index (κ1) is 15.3. The SMILES string of the molecule is CCNC(C1CCOC1)C(CC)(CC)N1CCCC1. The van der Waals surface area contributed by atoms with Crippen LogP contribution >= 0.6 is 0 Å². The van der Waals surface area contributed by atoms with Crippen molar-refractivity contribution in [2.45, 2.75) is 64.5 Å². The molecule has 0 radical (unpaired) electrons. The van der Waals surface area contributed by atoms with E-state index in [1.165, 1.54) is 45.2 Å². The van der Waals surface area contributed by atoms with Crippen molar-refractivity contribution >= 4 is 0 Å². The summed E-state index contributed by atoms with van der Waals surface area (Å²) in [5, 5.41) is 3.82. The van der Waals surface area contributed by atoms with Gasteiger partial charge in [0.25, 0.3) is 0 Å². The highest BCUT2D eigenvalue weighted by atomic mass is 16.5. The molecule has 2 aliphatic heterocycles. The van der Waals surface area contributed by atoms with Gasteiger partial charge >= 0.3 is 0 Å². The highest BCUT2D eigenvalue weighted by molar-refractivity contribution is 5.03. The summed E-state index contributed by atoms with van der Waals surface area (Å²) in [6, 6.07) is 0.591. The molecule has 2 aliphatic rings. The van der Waals surface area contributed by atoms with E-state index < -0.39 is 0 Å². The molecule has 2 fully saturated rings. The van der Waals surface area contributed by atoms with Gasteiger partial charge in [0.2, 0.25) is 0 Å². The maximum Gasteiger partial charge on any atom is 0.0510 e. The van der Waals surface area contributed by atoms with Crippen LogP contribution in [0.5, 0.6) is 0 Å². The number of ether oxygens (including phenoxy) is 1. The number of hydrogen-bond acceptors (Lipinski definition) is 3. The first-order valence-corrected chi connectivity index (χ1v) is 8.34. The van der Waals surface area contributed by atoms with E-state index in [9.17, 15) is 0 Å². The molecule has 0 aromatic rings. The second kappa shape index (κ2) is 7.05.